The van der Waals surface area contributed by atoms with Crippen molar-refractivity contribution in [1.82, 2.24) is 35.5 Å². The molecule has 0 unspecified atom stereocenters. The first-order valence-corrected chi connectivity index (χ1v) is 8.97. The van der Waals surface area contributed by atoms with E-state index in [-0.39, 0.29) is 17.9 Å². The fourth-order valence-corrected chi connectivity index (χ4v) is 3.05. The highest BCUT2D eigenvalue weighted by Crippen LogP contribution is 2.25. The standard InChI is InChI=1S/C20H18FN7O/c1-12-14(13(2)25-24-12)11-23-20(29)18-19(16-8-5-6-10-22-16)28(27-26-18)17-9-4-3-7-15(17)21/h3-10H,11H2,1-2H3,(H,23,29)(H,24,25). The zero-order chi connectivity index (χ0) is 20.4. The highest BCUT2D eigenvalue weighted by molar-refractivity contribution is 5.97. The molecule has 2 N–H and O–H groups in total. The minimum atomic E-state index is -0.480. The summed E-state index contributed by atoms with van der Waals surface area (Å²) in [5.41, 5.74) is 3.60. The predicted molar refractivity (Wildman–Crippen MR) is 104 cm³/mol. The van der Waals surface area contributed by atoms with E-state index in [0.29, 0.717) is 11.4 Å². The van der Waals surface area contributed by atoms with Crippen molar-refractivity contribution in [2.24, 2.45) is 0 Å². The monoisotopic (exact) mass is 391 g/mol. The van der Waals surface area contributed by atoms with Gasteiger partial charge in [-0.2, -0.15) is 5.10 Å². The fourth-order valence-electron chi connectivity index (χ4n) is 3.05. The third-order valence-electron chi connectivity index (χ3n) is 4.58. The van der Waals surface area contributed by atoms with Crippen LogP contribution in [0.15, 0.2) is 48.7 Å². The topological polar surface area (TPSA) is 101 Å². The zero-order valence-corrected chi connectivity index (χ0v) is 15.8. The molecule has 0 aliphatic heterocycles. The van der Waals surface area contributed by atoms with Crippen LogP contribution in [0.3, 0.4) is 0 Å². The number of para-hydroxylation sites is 1. The molecule has 0 aliphatic carbocycles. The minimum Gasteiger partial charge on any atom is -0.346 e. The average molecular weight is 391 g/mol. The SMILES string of the molecule is Cc1n[nH]c(C)c1CNC(=O)c1nnn(-c2ccccc2F)c1-c1ccccn1. The summed E-state index contributed by atoms with van der Waals surface area (Å²) in [6, 6.07) is 11.4. The molecule has 3 aromatic heterocycles. The minimum absolute atomic E-state index is 0.0609. The summed E-state index contributed by atoms with van der Waals surface area (Å²) in [7, 11) is 0. The van der Waals surface area contributed by atoms with Crippen LogP contribution in [0, 0.1) is 19.7 Å². The van der Waals surface area contributed by atoms with Crippen molar-refractivity contribution in [2.45, 2.75) is 20.4 Å². The predicted octanol–water partition coefficient (Wildman–Crippen LogP) is 2.74. The van der Waals surface area contributed by atoms with Gasteiger partial charge < -0.3 is 5.32 Å². The van der Waals surface area contributed by atoms with Gasteiger partial charge in [-0.25, -0.2) is 9.07 Å². The van der Waals surface area contributed by atoms with Crippen molar-refractivity contribution in [2.75, 3.05) is 0 Å². The van der Waals surface area contributed by atoms with Gasteiger partial charge in [-0.05, 0) is 38.1 Å². The van der Waals surface area contributed by atoms with Crippen molar-refractivity contribution >= 4 is 5.91 Å². The molecule has 0 spiro atoms. The first kappa shape index (κ1) is 18.5. The Morgan fingerprint density at radius 3 is 2.66 bits per heavy atom. The normalized spacial score (nSPS) is 10.9. The van der Waals surface area contributed by atoms with Crippen LogP contribution in [-0.4, -0.2) is 36.1 Å². The lowest BCUT2D eigenvalue weighted by Gasteiger charge is -2.09. The zero-order valence-electron chi connectivity index (χ0n) is 15.8. The number of halogens is 1. The molecule has 1 amide bonds. The second-order valence-electron chi connectivity index (χ2n) is 6.46. The van der Waals surface area contributed by atoms with Gasteiger partial charge in [-0.1, -0.05) is 23.4 Å². The van der Waals surface area contributed by atoms with E-state index < -0.39 is 11.7 Å². The number of nitrogens with one attached hydrogen (secondary N) is 2. The van der Waals surface area contributed by atoms with Crippen molar-refractivity contribution in [3.05, 3.63) is 77.1 Å². The third kappa shape index (κ3) is 3.49. The van der Waals surface area contributed by atoms with Crippen LogP contribution in [0.25, 0.3) is 17.1 Å². The molecule has 0 saturated carbocycles. The first-order chi connectivity index (χ1) is 14.1. The Labute approximate surface area is 165 Å². The van der Waals surface area contributed by atoms with Gasteiger partial charge in [0, 0.05) is 24.0 Å². The van der Waals surface area contributed by atoms with Gasteiger partial charge in [-0.3, -0.25) is 14.9 Å². The van der Waals surface area contributed by atoms with Gasteiger partial charge in [0.15, 0.2) is 5.69 Å². The highest BCUT2D eigenvalue weighted by Gasteiger charge is 2.24. The molecule has 0 atom stereocenters. The summed E-state index contributed by atoms with van der Waals surface area (Å²) in [4.78, 5) is 17.2. The number of hydrogen-bond donors (Lipinski definition) is 2. The number of carbonyl (C=O) groups excluding carboxylic acids is 1. The number of carbonyl (C=O) groups is 1. The Balaban J connectivity index is 1.74. The number of aromatic amines is 1. The number of hydrogen-bond acceptors (Lipinski definition) is 5. The molecular formula is C20H18FN7O. The lowest BCUT2D eigenvalue weighted by molar-refractivity contribution is 0.0946. The van der Waals surface area contributed by atoms with Crippen molar-refractivity contribution < 1.29 is 9.18 Å². The summed E-state index contributed by atoms with van der Waals surface area (Å²) < 4.78 is 15.7. The average Bonchev–Trinajstić information content (AvgIpc) is 3.31. The molecule has 0 radical (unpaired) electrons. The van der Waals surface area contributed by atoms with Gasteiger partial charge in [0.05, 0.1) is 11.4 Å². The molecule has 8 nitrogen and oxygen atoms in total. The van der Waals surface area contributed by atoms with E-state index in [2.05, 4.69) is 30.8 Å². The van der Waals surface area contributed by atoms with Crippen LogP contribution in [0.4, 0.5) is 4.39 Å². The molecule has 0 saturated heterocycles. The van der Waals surface area contributed by atoms with Crippen LogP contribution < -0.4 is 5.32 Å². The molecule has 29 heavy (non-hydrogen) atoms. The first-order valence-electron chi connectivity index (χ1n) is 8.97. The summed E-state index contributed by atoms with van der Waals surface area (Å²) >= 11 is 0. The number of amides is 1. The molecule has 4 rings (SSSR count). The number of aromatic nitrogens is 6. The van der Waals surface area contributed by atoms with E-state index in [1.54, 1.807) is 42.6 Å². The molecule has 1 aromatic carbocycles. The maximum atomic E-state index is 14.4. The maximum Gasteiger partial charge on any atom is 0.274 e. The smallest absolute Gasteiger partial charge is 0.274 e. The Hall–Kier alpha value is -3.88. The summed E-state index contributed by atoms with van der Waals surface area (Å²) in [5.74, 6) is -0.917. The van der Waals surface area contributed by atoms with Gasteiger partial charge in [0.1, 0.15) is 17.2 Å². The van der Waals surface area contributed by atoms with E-state index in [4.69, 9.17) is 0 Å². The maximum absolute atomic E-state index is 14.4. The Morgan fingerprint density at radius 2 is 1.97 bits per heavy atom. The van der Waals surface area contributed by atoms with Crippen LogP contribution >= 0.6 is 0 Å². The van der Waals surface area contributed by atoms with Gasteiger partial charge in [-0.15, -0.1) is 5.10 Å². The Morgan fingerprint density at radius 1 is 1.17 bits per heavy atom. The number of pyridine rings is 1. The van der Waals surface area contributed by atoms with Crippen LogP contribution in [0.1, 0.15) is 27.4 Å². The molecule has 9 heteroatoms. The molecule has 0 aliphatic rings. The number of H-pyrrole nitrogens is 1. The van der Waals surface area contributed by atoms with Gasteiger partial charge >= 0.3 is 0 Å². The van der Waals surface area contributed by atoms with E-state index in [9.17, 15) is 9.18 Å². The van der Waals surface area contributed by atoms with Crippen LogP contribution in [-0.2, 0) is 6.54 Å². The number of nitrogens with zero attached hydrogens (tertiary/aromatic N) is 5. The second-order valence-corrected chi connectivity index (χ2v) is 6.46. The largest absolute Gasteiger partial charge is 0.346 e. The number of rotatable bonds is 5. The number of aryl methyl sites for hydroxylation is 2. The number of benzene rings is 1. The summed E-state index contributed by atoms with van der Waals surface area (Å²) in [5, 5.41) is 17.9. The lowest BCUT2D eigenvalue weighted by atomic mass is 10.1. The molecule has 0 fully saturated rings. The lowest BCUT2D eigenvalue weighted by Crippen LogP contribution is -2.24. The quantitative estimate of drug-likeness (QED) is 0.545. The van der Waals surface area contributed by atoms with Gasteiger partial charge in [0.25, 0.3) is 5.91 Å². The molecule has 3 heterocycles. The Bertz CT molecular complexity index is 1150. The van der Waals surface area contributed by atoms with E-state index in [1.807, 2.05) is 13.8 Å². The molecule has 146 valence electrons. The van der Waals surface area contributed by atoms with Gasteiger partial charge in [0.2, 0.25) is 0 Å². The summed E-state index contributed by atoms with van der Waals surface area (Å²) in [6.07, 6.45) is 1.59. The fraction of sp³-hybridized carbons (Fsp3) is 0.150. The molecule has 4 aromatic rings. The van der Waals surface area contributed by atoms with Crippen molar-refractivity contribution in [1.29, 1.82) is 0 Å². The van der Waals surface area contributed by atoms with Crippen LogP contribution in [0.2, 0.25) is 0 Å². The second kappa shape index (κ2) is 7.63. The van der Waals surface area contributed by atoms with E-state index in [1.165, 1.54) is 10.7 Å². The molecule has 0 bridgehead atoms. The Kier molecular flexibility index (Phi) is 4.86. The van der Waals surface area contributed by atoms with Crippen molar-refractivity contribution in [3.8, 4) is 17.1 Å². The summed E-state index contributed by atoms with van der Waals surface area (Å²) in [6.45, 7) is 4.02. The van der Waals surface area contributed by atoms with E-state index in [0.717, 1.165) is 17.0 Å². The molecular weight excluding hydrogens is 373 g/mol. The van der Waals surface area contributed by atoms with E-state index >= 15 is 0 Å². The third-order valence-corrected chi connectivity index (χ3v) is 4.58. The van der Waals surface area contributed by atoms with Crippen LogP contribution in [0.5, 0.6) is 0 Å². The van der Waals surface area contributed by atoms with Crippen molar-refractivity contribution in [3.63, 3.8) is 0 Å². The highest BCUT2D eigenvalue weighted by atomic mass is 19.1.